The van der Waals surface area contributed by atoms with E-state index < -0.39 is 18.7 Å². The van der Waals surface area contributed by atoms with Gasteiger partial charge in [0.1, 0.15) is 12.4 Å². The van der Waals surface area contributed by atoms with E-state index in [1.54, 1.807) is 32.0 Å². The van der Waals surface area contributed by atoms with Crippen LogP contribution in [-0.4, -0.2) is 42.2 Å². The summed E-state index contributed by atoms with van der Waals surface area (Å²) in [5.74, 6) is -0.889. The number of carbonyl (C=O) groups is 2. The number of carbonyl (C=O) groups excluding carboxylic acids is 2. The predicted octanol–water partition coefficient (Wildman–Crippen LogP) is 3.85. The lowest BCUT2D eigenvalue weighted by atomic mass is 10.1. The highest BCUT2D eigenvalue weighted by molar-refractivity contribution is 6.01. The van der Waals surface area contributed by atoms with E-state index in [-0.39, 0.29) is 18.1 Å². The van der Waals surface area contributed by atoms with Gasteiger partial charge in [0.05, 0.1) is 0 Å². The van der Waals surface area contributed by atoms with E-state index in [4.69, 9.17) is 9.47 Å². The number of hydrogen-bond acceptors (Lipinski definition) is 5. The first-order valence-corrected chi connectivity index (χ1v) is 8.80. The van der Waals surface area contributed by atoms with Crippen molar-refractivity contribution >= 4 is 11.8 Å². The highest BCUT2D eigenvalue weighted by Crippen LogP contribution is 2.24. The van der Waals surface area contributed by atoms with Crippen molar-refractivity contribution in [2.45, 2.75) is 40.4 Å². The summed E-state index contributed by atoms with van der Waals surface area (Å²) in [7, 11) is 0. The molecule has 28 heavy (non-hydrogen) atoms. The zero-order chi connectivity index (χ0) is 20.8. The van der Waals surface area contributed by atoms with Crippen molar-refractivity contribution in [1.82, 2.24) is 4.57 Å². The monoisotopic (exact) mass is 395 g/mol. The fourth-order valence-corrected chi connectivity index (χ4v) is 2.88. The third-order valence-corrected chi connectivity index (χ3v) is 4.12. The second kappa shape index (κ2) is 9.45. The van der Waals surface area contributed by atoms with E-state index in [1.165, 1.54) is 19.1 Å². The van der Waals surface area contributed by atoms with Crippen molar-refractivity contribution < 1.29 is 32.6 Å². The minimum absolute atomic E-state index is 0.0485. The number of halogens is 2. The Balaban J connectivity index is 2.20. The standard InChI is InChI=1S/C20H23F2NO5/c1-5-26-11-18(24)27-14(4)19(25)17-10-12(2)23(13(17)3)15-6-8-16(9-7-15)28-20(21)22/h6-10,14,20H,5,11H2,1-4H3. The van der Waals surface area contributed by atoms with Crippen molar-refractivity contribution in [1.29, 1.82) is 0 Å². The summed E-state index contributed by atoms with van der Waals surface area (Å²) in [6.45, 7) is 4.12. The van der Waals surface area contributed by atoms with Crippen molar-refractivity contribution in [2.75, 3.05) is 13.2 Å². The van der Waals surface area contributed by atoms with Crippen LogP contribution in [0.15, 0.2) is 30.3 Å². The van der Waals surface area contributed by atoms with E-state index in [9.17, 15) is 18.4 Å². The number of hydrogen-bond donors (Lipinski definition) is 0. The Hall–Kier alpha value is -2.74. The van der Waals surface area contributed by atoms with Crippen molar-refractivity contribution in [3.63, 3.8) is 0 Å². The zero-order valence-corrected chi connectivity index (χ0v) is 16.2. The Morgan fingerprint density at radius 2 is 1.79 bits per heavy atom. The van der Waals surface area contributed by atoms with Gasteiger partial charge in [-0.15, -0.1) is 0 Å². The maximum Gasteiger partial charge on any atom is 0.387 e. The third-order valence-electron chi connectivity index (χ3n) is 4.12. The second-order valence-electron chi connectivity index (χ2n) is 6.13. The highest BCUT2D eigenvalue weighted by atomic mass is 19.3. The SMILES string of the molecule is CCOCC(=O)OC(C)C(=O)c1cc(C)n(-c2ccc(OC(F)F)cc2)c1C. The first-order valence-electron chi connectivity index (χ1n) is 8.80. The molecule has 0 fully saturated rings. The van der Waals surface area contributed by atoms with E-state index in [0.29, 0.717) is 23.6 Å². The van der Waals surface area contributed by atoms with E-state index >= 15 is 0 Å². The fourth-order valence-electron chi connectivity index (χ4n) is 2.88. The molecule has 0 bridgehead atoms. The van der Waals surface area contributed by atoms with Gasteiger partial charge in [-0.2, -0.15) is 8.78 Å². The molecule has 0 saturated carbocycles. The smallest absolute Gasteiger partial charge is 0.387 e. The largest absolute Gasteiger partial charge is 0.453 e. The molecule has 8 heteroatoms. The summed E-state index contributed by atoms with van der Waals surface area (Å²) < 4.78 is 40.8. The number of aryl methyl sites for hydroxylation is 1. The number of esters is 1. The molecule has 6 nitrogen and oxygen atoms in total. The average Bonchev–Trinajstić information content (AvgIpc) is 2.94. The van der Waals surface area contributed by atoms with Crippen LogP contribution >= 0.6 is 0 Å². The molecule has 0 spiro atoms. The number of aromatic nitrogens is 1. The molecule has 0 amide bonds. The van der Waals surface area contributed by atoms with E-state index in [0.717, 1.165) is 5.69 Å². The van der Waals surface area contributed by atoms with Crippen molar-refractivity contribution in [3.8, 4) is 11.4 Å². The molecule has 1 aromatic carbocycles. The molecule has 0 radical (unpaired) electrons. The Morgan fingerprint density at radius 1 is 1.14 bits per heavy atom. The number of ether oxygens (including phenoxy) is 3. The van der Waals surface area contributed by atoms with Crippen molar-refractivity contribution in [3.05, 3.63) is 47.3 Å². The molecule has 0 aliphatic rings. The summed E-state index contributed by atoms with van der Waals surface area (Å²) in [6, 6.07) is 7.81. The lowest BCUT2D eigenvalue weighted by molar-refractivity contribution is -0.151. The minimum Gasteiger partial charge on any atom is -0.453 e. The van der Waals surface area contributed by atoms with Gasteiger partial charge in [0.2, 0.25) is 5.78 Å². The van der Waals surface area contributed by atoms with Gasteiger partial charge in [-0.1, -0.05) is 0 Å². The number of benzene rings is 1. The number of Topliss-reactive ketones (excluding diaryl/α,β-unsaturated/α-hetero) is 1. The Kier molecular flexibility index (Phi) is 7.28. The van der Waals surface area contributed by atoms with E-state index in [1.807, 2.05) is 11.5 Å². The highest BCUT2D eigenvalue weighted by Gasteiger charge is 2.24. The van der Waals surface area contributed by atoms with Gasteiger partial charge < -0.3 is 18.8 Å². The molecule has 0 aliphatic carbocycles. The molecule has 1 heterocycles. The van der Waals surface area contributed by atoms with Crippen LogP contribution in [0.3, 0.4) is 0 Å². The normalized spacial score (nSPS) is 12.1. The van der Waals surface area contributed by atoms with Crippen LogP contribution in [0.4, 0.5) is 8.78 Å². The minimum atomic E-state index is -2.89. The molecule has 1 unspecified atom stereocenters. The van der Waals surface area contributed by atoms with Gasteiger partial charge in [-0.25, -0.2) is 4.79 Å². The predicted molar refractivity (Wildman–Crippen MR) is 98.3 cm³/mol. The quantitative estimate of drug-likeness (QED) is 0.477. The molecule has 1 atom stereocenters. The first-order chi connectivity index (χ1) is 13.2. The summed E-state index contributed by atoms with van der Waals surface area (Å²) in [6.07, 6.45) is -0.955. The molecular weight excluding hydrogens is 372 g/mol. The maximum atomic E-state index is 12.7. The number of alkyl halides is 2. The molecule has 0 aliphatic heterocycles. The van der Waals surface area contributed by atoms with Gasteiger partial charge in [0.15, 0.2) is 6.10 Å². The van der Waals surface area contributed by atoms with Gasteiger partial charge in [-0.05, 0) is 58.0 Å². The van der Waals surface area contributed by atoms with Gasteiger partial charge in [0, 0.05) is 29.2 Å². The van der Waals surface area contributed by atoms with Crippen LogP contribution in [0.1, 0.15) is 35.6 Å². The molecular formula is C20H23F2NO5. The Morgan fingerprint density at radius 3 is 2.36 bits per heavy atom. The molecule has 2 rings (SSSR count). The summed E-state index contributed by atoms with van der Waals surface area (Å²) in [5.41, 5.74) is 2.53. The van der Waals surface area contributed by atoms with Crippen molar-refractivity contribution in [2.24, 2.45) is 0 Å². The Labute approximate surface area is 162 Å². The van der Waals surface area contributed by atoms with Crippen LogP contribution in [0.2, 0.25) is 0 Å². The summed E-state index contributed by atoms with van der Waals surface area (Å²) >= 11 is 0. The first kappa shape index (κ1) is 21.6. The topological polar surface area (TPSA) is 66.8 Å². The van der Waals surface area contributed by atoms with Crippen LogP contribution in [0.5, 0.6) is 5.75 Å². The van der Waals surface area contributed by atoms with E-state index in [2.05, 4.69) is 4.74 Å². The van der Waals surface area contributed by atoms with Crippen LogP contribution in [0, 0.1) is 13.8 Å². The molecule has 1 aromatic heterocycles. The number of nitrogens with zero attached hydrogens (tertiary/aromatic N) is 1. The average molecular weight is 395 g/mol. The van der Waals surface area contributed by atoms with Crippen LogP contribution in [0.25, 0.3) is 5.69 Å². The van der Waals surface area contributed by atoms with Crippen LogP contribution in [-0.2, 0) is 14.3 Å². The summed E-state index contributed by atoms with van der Waals surface area (Å²) in [4.78, 5) is 24.4. The molecule has 152 valence electrons. The second-order valence-corrected chi connectivity index (χ2v) is 6.13. The van der Waals surface area contributed by atoms with Gasteiger partial charge >= 0.3 is 12.6 Å². The third kappa shape index (κ3) is 5.16. The maximum absolute atomic E-state index is 12.7. The molecule has 0 N–H and O–H groups in total. The number of rotatable bonds is 9. The summed E-state index contributed by atoms with van der Waals surface area (Å²) in [5, 5.41) is 0. The lowest BCUT2D eigenvalue weighted by Gasteiger charge is -2.13. The lowest BCUT2D eigenvalue weighted by Crippen LogP contribution is -2.26. The number of ketones is 1. The van der Waals surface area contributed by atoms with Crippen LogP contribution < -0.4 is 4.74 Å². The fraction of sp³-hybridized carbons (Fsp3) is 0.400. The molecule has 0 saturated heterocycles. The van der Waals surface area contributed by atoms with Gasteiger partial charge in [-0.3, -0.25) is 4.79 Å². The van der Waals surface area contributed by atoms with Gasteiger partial charge in [0.25, 0.3) is 0 Å². The zero-order valence-electron chi connectivity index (χ0n) is 16.2. The molecule has 2 aromatic rings. The Bertz CT molecular complexity index is 830.